The first-order chi connectivity index (χ1) is 8.63. The van der Waals surface area contributed by atoms with Crippen LogP contribution in [0.1, 0.15) is 25.3 Å². The average Bonchev–Trinajstić information content (AvgIpc) is 2.38. The highest BCUT2D eigenvalue weighted by molar-refractivity contribution is 7.80. The number of halogens is 1. The van der Waals surface area contributed by atoms with Crippen molar-refractivity contribution in [2.75, 3.05) is 13.6 Å². The third-order valence-corrected chi connectivity index (χ3v) is 2.76. The second-order valence-corrected chi connectivity index (χ2v) is 4.29. The molecule has 5 heteroatoms. The summed E-state index contributed by atoms with van der Waals surface area (Å²) in [6.07, 6.45) is 3.85. The molecule has 1 N–H and O–H groups in total. The van der Waals surface area contributed by atoms with Gasteiger partial charge in [-0.25, -0.2) is 9.40 Å². The van der Waals surface area contributed by atoms with Crippen LogP contribution in [-0.2, 0) is 0 Å². The summed E-state index contributed by atoms with van der Waals surface area (Å²) < 4.78 is 12.7. The molecule has 0 aliphatic rings. The lowest BCUT2D eigenvalue weighted by molar-refractivity contribution is 0.530. The molecule has 0 saturated carbocycles. The quantitative estimate of drug-likeness (QED) is 0.385. The van der Waals surface area contributed by atoms with Gasteiger partial charge in [0.1, 0.15) is 5.82 Å². The minimum absolute atomic E-state index is 0.253. The Morgan fingerprint density at radius 1 is 1.44 bits per heavy atom. The molecule has 1 rings (SSSR count). The van der Waals surface area contributed by atoms with Crippen LogP contribution in [0.25, 0.3) is 0 Å². The van der Waals surface area contributed by atoms with E-state index in [4.69, 9.17) is 12.2 Å². The summed E-state index contributed by atoms with van der Waals surface area (Å²) in [4.78, 5) is 0. The molecule has 18 heavy (non-hydrogen) atoms. The van der Waals surface area contributed by atoms with E-state index in [1.807, 2.05) is 0 Å². The number of hydrogen-bond acceptors (Lipinski definition) is 2. The molecule has 0 aliphatic carbocycles. The molecule has 0 aromatic heterocycles. The van der Waals surface area contributed by atoms with Crippen molar-refractivity contribution >= 4 is 23.5 Å². The Bertz CT molecular complexity index is 403. The van der Waals surface area contributed by atoms with Crippen LogP contribution in [0, 0.1) is 5.82 Å². The van der Waals surface area contributed by atoms with Gasteiger partial charge in [-0.05, 0) is 36.3 Å². The first-order valence-corrected chi connectivity index (χ1v) is 6.35. The van der Waals surface area contributed by atoms with Crippen molar-refractivity contribution in [3.63, 3.8) is 0 Å². The minimum atomic E-state index is -0.253. The molecule has 3 nitrogen and oxygen atoms in total. The SMILES string of the molecule is CCCCNC(=S)N(C)/N=C\c1ccc(F)cc1. The average molecular weight is 267 g/mol. The van der Waals surface area contributed by atoms with Crippen molar-refractivity contribution in [2.45, 2.75) is 19.8 Å². The van der Waals surface area contributed by atoms with E-state index in [0.717, 1.165) is 24.9 Å². The molecule has 0 atom stereocenters. The molecular weight excluding hydrogens is 249 g/mol. The van der Waals surface area contributed by atoms with Gasteiger partial charge in [0.15, 0.2) is 5.11 Å². The number of rotatable bonds is 5. The van der Waals surface area contributed by atoms with Crippen LogP contribution in [0.4, 0.5) is 4.39 Å². The zero-order chi connectivity index (χ0) is 13.4. The molecule has 0 radical (unpaired) electrons. The van der Waals surface area contributed by atoms with Crippen molar-refractivity contribution in [2.24, 2.45) is 5.10 Å². The zero-order valence-corrected chi connectivity index (χ0v) is 11.5. The van der Waals surface area contributed by atoms with Crippen LogP contribution in [0.2, 0.25) is 0 Å². The smallest absolute Gasteiger partial charge is 0.189 e. The van der Waals surface area contributed by atoms with E-state index in [0.29, 0.717) is 5.11 Å². The molecule has 0 unspecified atom stereocenters. The van der Waals surface area contributed by atoms with Crippen molar-refractivity contribution in [3.8, 4) is 0 Å². The zero-order valence-electron chi connectivity index (χ0n) is 10.7. The van der Waals surface area contributed by atoms with Crippen molar-refractivity contribution < 1.29 is 4.39 Å². The van der Waals surface area contributed by atoms with Gasteiger partial charge in [0.2, 0.25) is 0 Å². The topological polar surface area (TPSA) is 27.6 Å². The molecule has 1 aromatic carbocycles. The molecule has 0 bridgehead atoms. The fourth-order valence-corrected chi connectivity index (χ4v) is 1.39. The van der Waals surface area contributed by atoms with E-state index < -0.39 is 0 Å². The number of unbranched alkanes of at least 4 members (excludes halogenated alkanes) is 1. The lowest BCUT2D eigenvalue weighted by Crippen LogP contribution is -2.34. The van der Waals surface area contributed by atoms with Crippen molar-refractivity contribution in [1.29, 1.82) is 0 Å². The third kappa shape index (κ3) is 5.23. The van der Waals surface area contributed by atoms with Crippen LogP contribution >= 0.6 is 12.2 Å². The number of thiocarbonyl (C=S) groups is 1. The molecule has 98 valence electrons. The van der Waals surface area contributed by atoms with E-state index in [1.54, 1.807) is 30.4 Å². The highest BCUT2D eigenvalue weighted by atomic mass is 32.1. The summed E-state index contributed by atoms with van der Waals surface area (Å²) in [5.74, 6) is -0.253. The molecule has 0 amide bonds. The van der Waals surface area contributed by atoms with Gasteiger partial charge in [0, 0.05) is 13.6 Å². The first-order valence-electron chi connectivity index (χ1n) is 5.94. The second kappa shape index (κ2) is 7.76. The maximum atomic E-state index is 12.7. The fourth-order valence-electron chi connectivity index (χ4n) is 1.24. The second-order valence-electron chi connectivity index (χ2n) is 3.91. The highest BCUT2D eigenvalue weighted by Gasteiger charge is 2.00. The fraction of sp³-hybridized carbons (Fsp3) is 0.385. The first kappa shape index (κ1) is 14.6. The van der Waals surface area contributed by atoms with E-state index in [1.165, 1.54) is 12.1 Å². The summed E-state index contributed by atoms with van der Waals surface area (Å²) in [7, 11) is 1.78. The van der Waals surface area contributed by atoms with Crippen molar-refractivity contribution in [3.05, 3.63) is 35.6 Å². The van der Waals surface area contributed by atoms with Gasteiger partial charge in [-0.1, -0.05) is 25.5 Å². The number of nitrogens with one attached hydrogen (secondary N) is 1. The summed E-state index contributed by atoms with van der Waals surface area (Å²) in [6.45, 7) is 2.98. The van der Waals surface area contributed by atoms with Gasteiger partial charge in [-0.2, -0.15) is 5.10 Å². The Labute approximate surface area is 113 Å². The van der Waals surface area contributed by atoms with Gasteiger partial charge < -0.3 is 5.32 Å². The highest BCUT2D eigenvalue weighted by Crippen LogP contribution is 2.00. The monoisotopic (exact) mass is 267 g/mol. The lowest BCUT2D eigenvalue weighted by atomic mass is 10.2. The largest absolute Gasteiger partial charge is 0.361 e. The lowest BCUT2D eigenvalue weighted by Gasteiger charge is -2.15. The van der Waals surface area contributed by atoms with Crippen LogP contribution in [0.15, 0.2) is 29.4 Å². The number of hydrazone groups is 1. The Morgan fingerprint density at radius 3 is 2.72 bits per heavy atom. The van der Waals surface area contributed by atoms with E-state index in [-0.39, 0.29) is 5.82 Å². The molecule has 0 aliphatic heterocycles. The molecular formula is C13H18FN3S. The standard InChI is InChI=1S/C13H18FN3S/c1-3-4-9-15-13(18)17(2)16-10-11-5-7-12(14)8-6-11/h5-8,10H,3-4,9H2,1-2H3,(H,15,18)/b16-10-. The molecule has 0 fully saturated rings. The number of hydrogen-bond donors (Lipinski definition) is 1. The van der Waals surface area contributed by atoms with Gasteiger partial charge in [0.05, 0.1) is 6.21 Å². The third-order valence-electron chi connectivity index (χ3n) is 2.35. The van der Waals surface area contributed by atoms with Gasteiger partial charge in [0.25, 0.3) is 0 Å². The molecule has 0 spiro atoms. The summed E-state index contributed by atoms with van der Waals surface area (Å²) in [5, 5.41) is 9.47. The van der Waals surface area contributed by atoms with Crippen LogP contribution in [0.3, 0.4) is 0 Å². The van der Waals surface area contributed by atoms with Gasteiger partial charge in [-0.15, -0.1) is 0 Å². The van der Waals surface area contributed by atoms with Crippen molar-refractivity contribution in [1.82, 2.24) is 10.3 Å². The number of nitrogens with zero attached hydrogens (tertiary/aromatic N) is 2. The van der Waals surface area contributed by atoms with Gasteiger partial charge >= 0.3 is 0 Å². The predicted octanol–water partition coefficient (Wildman–Crippen LogP) is 2.77. The summed E-state index contributed by atoms with van der Waals surface area (Å²) in [6, 6.07) is 6.14. The maximum Gasteiger partial charge on any atom is 0.189 e. The Morgan fingerprint density at radius 2 is 2.11 bits per heavy atom. The maximum absolute atomic E-state index is 12.7. The van der Waals surface area contributed by atoms with Crippen LogP contribution in [-0.4, -0.2) is 29.9 Å². The normalized spacial score (nSPS) is 10.6. The summed E-state index contributed by atoms with van der Waals surface area (Å²) in [5.41, 5.74) is 0.833. The summed E-state index contributed by atoms with van der Waals surface area (Å²) >= 11 is 5.17. The predicted molar refractivity (Wildman–Crippen MR) is 77.3 cm³/mol. The Hall–Kier alpha value is -1.49. The van der Waals surface area contributed by atoms with E-state index in [9.17, 15) is 4.39 Å². The minimum Gasteiger partial charge on any atom is -0.361 e. The number of benzene rings is 1. The van der Waals surface area contributed by atoms with E-state index in [2.05, 4.69) is 17.3 Å². The van der Waals surface area contributed by atoms with E-state index >= 15 is 0 Å². The van der Waals surface area contributed by atoms with Crippen LogP contribution < -0.4 is 5.32 Å². The molecule has 1 aromatic rings. The molecule has 0 saturated heterocycles. The van der Waals surface area contributed by atoms with Gasteiger partial charge in [-0.3, -0.25) is 0 Å². The van der Waals surface area contributed by atoms with Crippen LogP contribution in [0.5, 0.6) is 0 Å². The Kier molecular flexibility index (Phi) is 6.28. The Balaban J connectivity index is 2.45. The molecule has 0 heterocycles.